The van der Waals surface area contributed by atoms with Gasteiger partial charge in [-0.1, -0.05) is 36.4 Å². The van der Waals surface area contributed by atoms with Gasteiger partial charge in [0.1, 0.15) is 23.7 Å². The summed E-state index contributed by atoms with van der Waals surface area (Å²) < 4.78 is 5.42. The molecule has 5 rings (SSSR count). The Morgan fingerprint density at radius 2 is 1.81 bits per heavy atom. The third kappa shape index (κ3) is 6.05. The van der Waals surface area contributed by atoms with Crippen LogP contribution >= 0.6 is 11.8 Å². The molecule has 1 aromatic carbocycles. The Labute approximate surface area is 253 Å². The number of carbonyl (C=O) groups is 4. The molecule has 2 heterocycles. The lowest BCUT2D eigenvalue weighted by atomic mass is 9.77. The molecule has 2 fully saturated rings. The molecule has 10 heteroatoms. The summed E-state index contributed by atoms with van der Waals surface area (Å²) >= 11 is 1.69. The van der Waals surface area contributed by atoms with Gasteiger partial charge in [0.15, 0.2) is 0 Å². The van der Waals surface area contributed by atoms with Crippen molar-refractivity contribution >= 4 is 35.6 Å². The van der Waals surface area contributed by atoms with Gasteiger partial charge in [0, 0.05) is 12.5 Å². The van der Waals surface area contributed by atoms with E-state index < -0.39 is 35.7 Å². The number of benzene rings is 1. The van der Waals surface area contributed by atoms with Gasteiger partial charge in [0.05, 0.1) is 11.4 Å². The highest BCUT2D eigenvalue weighted by Crippen LogP contribution is 2.53. The number of likely N-dealkylation sites (N-methyl/N-ethyl adjacent to an activating group) is 1. The normalized spacial score (nSPS) is 27.1. The van der Waals surface area contributed by atoms with E-state index in [-0.39, 0.29) is 28.6 Å². The predicted molar refractivity (Wildman–Crippen MR) is 163 cm³/mol. The van der Waals surface area contributed by atoms with E-state index in [0.29, 0.717) is 12.2 Å². The first-order chi connectivity index (χ1) is 19.9. The number of amides is 4. The van der Waals surface area contributed by atoms with Gasteiger partial charge >= 0.3 is 6.09 Å². The van der Waals surface area contributed by atoms with E-state index >= 15 is 0 Å². The minimum absolute atomic E-state index is 0.0811. The monoisotopic (exact) mass is 596 g/mol. The fraction of sp³-hybridized carbons (Fsp3) is 0.625. The van der Waals surface area contributed by atoms with Crippen LogP contribution in [0.5, 0.6) is 0 Å². The molecule has 2 N–H and O–H groups in total. The number of hydrogen-bond acceptors (Lipinski definition) is 6. The number of carbonyl (C=O) groups excluding carboxylic acids is 4. The van der Waals surface area contributed by atoms with Gasteiger partial charge in [-0.2, -0.15) is 0 Å². The zero-order valence-corrected chi connectivity index (χ0v) is 26.2. The lowest BCUT2D eigenvalue weighted by Gasteiger charge is -2.37. The van der Waals surface area contributed by atoms with Crippen molar-refractivity contribution in [3.63, 3.8) is 0 Å². The topological polar surface area (TPSA) is 108 Å². The Morgan fingerprint density at radius 1 is 1.10 bits per heavy atom. The number of rotatable bonds is 5. The van der Waals surface area contributed by atoms with Crippen LogP contribution < -0.4 is 10.6 Å². The fourth-order valence-electron chi connectivity index (χ4n) is 6.82. The molecule has 2 aliphatic heterocycles. The van der Waals surface area contributed by atoms with E-state index in [9.17, 15) is 19.2 Å². The van der Waals surface area contributed by atoms with E-state index in [0.717, 1.165) is 44.1 Å². The number of allylic oxidation sites excluding steroid dienone is 2. The van der Waals surface area contributed by atoms with Gasteiger partial charge in [-0.05, 0) is 89.5 Å². The van der Waals surface area contributed by atoms with Crippen LogP contribution in [0.1, 0.15) is 83.4 Å². The van der Waals surface area contributed by atoms with Crippen molar-refractivity contribution in [3.8, 4) is 0 Å². The summed E-state index contributed by atoms with van der Waals surface area (Å²) in [6.45, 7) is 6.92. The molecule has 42 heavy (non-hydrogen) atoms. The molecule has 0 bridgehead atoms. The highest BCUT2D eigenvalue weighted by molar-refractivity contribution is 7.99. The molecule has 0 saturated carbocycles. The number of fused-ring (bicyclic) bond motifs is 2. The quantitative estimate of drug-likeness (QED) is 0.491. The molecule has 2 aliphatic carbocycles. The van der Waals surface area contributed by atoms with E-state index in [2.05, 4.69) is 34.9 Å². The van der Waals surface area contributed by atoms with Crippen LogP contribution in [0.4, 0.5) is 4.79 Å². The Hall–Kier alpha value is -3.01. The van der Waals surface area contributed by atoms with Gasteiger partial charge in [-0.3, -0.25) is 19.3 Å². The Kier molecular flexibility index (Phi) is 8.65. The van der Waals surface area contributed by atoms with Crippen molar-refractivity contribution in [3.05, 3.63) is 47.5 Å². The summed E-state index contributed by atoms with van der Waals surface area (Å²) in [4.78, 5) is 57.3. The Morgan fingerprint density at radius 3 is 2.52 bits per heavy atom. The Balaban J connectivity index is 1.34. The molecule has 1 aromatic rings. The summed E-state index contributed by atoms with van der Waals surface area (Å²) in [6, 6.07) is 5.96. The summed E-state index contributed by atoms with van der Waals surface area (Å²) in [7, 11) is 1.51. The number of aryl methyl sites for hydroxylation is 1. The molecule has 5 atom stereocenters. The molecular formula is C32H44N4O5S. The van der Waals surface area contributed by atoms with Gasteiger partial charge in [-0.25, -0.2) is 4.79 Å². The highest BCUT2D eigenvalue weighted by atomic mass is 32.2. The first-order valence-electron chi connectivity index (χ1n) is 15.1. The van der Waals surface area contributed by atoms with Crippen molar-refractivity contribution < 1.29 is 23.9 Å². The zero-order chi connectivity index (χ0) is 30.2. The number of nitrogens with zero attached hydrogens (tertiary/aromatic N) is 2. The fourth-order valence-corrected chi connectivity index (χ4v) is 8.30. The summed E-state index contributed by atoms with van der Waals surface area (Å²) in [5, 5.41) is 6.13. The third-order valence-corrected chi connectivity index (χ3v) is 10.4. The second-order valence-corrected chi connectivity index (χ2v) is 14.5. The van der Waals surface area contributed by atoms with Crippen molar-refractivity contribution in [1.29, 1.82) is 0 Å². The minimum Gasteiger partial charge on any atom is -0.444 e. The first kappa shape index (κ1) is 30.4. The van der Waals surface area contributed by atoms with Gasteiger partial charge < -0.3 is 20.3 Å². The number of nitrogens with one attached hydrogen (secondary N) is 2. The zero-order valence-electron chi connectivity index (χ0n) is 25.4. The number of ether oxygens (including phenoxy) is 1. The summed E-state index contributed by atoms with van der Waals surface area (Å²) in [5.74, 6) is -0.0798. The standard InChI is InChI=1S/C32H44N4O5S/c1-20(35(5)30(40)41-31(2,3)4)27(37)34-24-15-18-42-25-19-32(16-8-9-17-32)26(36(25)29(24)39)28(38)33-23-14-10-12-21-11-6-7-13-22(21)23/h6-9,11,13,20,23-26H,10,12,14-19H2,1-5H3,(H,33,38)(H,34,37)/t20-,23-,24-,25-,26+/m0/s1. The van der Waals surface area contributed by atoms with E-state index in [1.807, 2.05) is 12.1 Å². The molecular weight excluding hydrogens is 552 g/mol. The van der Waals surface area contributed by atoms with Crippen LogP contribution in [0, 0.1) is 5.41 Å². The third-order valence-electron chi connectivity index (χ3n) is 9.13. The molecule has 2 saturated heterocycles. The lowest BCUT2D eigenvalue weighted by Crippen LogP contribution is -2.59. The van der Waals surface area contributed by atoms with E-state index in [1.54, 1.807) is 44.4 Å². The van der Waals surface area contributed by atoms with Gasteiger partial charge in [-0.15, -0.1) is 11.8 Å². The SMILES string of the molecule is C[C@@H](C(=O)N[C@H]1CCS[C@H]2CC3(CC=CC3)[C@@H](C(=O)N[C@H]3CCCc4ccccc43)N2C1=O)N(C)C(=O)OC(C)(C)C. The largest absolute Gasteiger partial charge is 0.444 e. The first-order valence-corrected chi connectivity index (χ1v) is 16.2. The average molecular weight is 597 g/mol. The van der Waals surface area contributed by atoms with E-state index in [1.165, 1.54) is 17.5 Å². The van der Waals surface area contributed by atoms with Crippen LogP contribution in [0.25, 0.3) is 0 Å². The van der Waals surface area contributed by atoms with Crippen molar-refractivity contribution in [2.75, 3.05) is 12.8 Å². The van der Waals surface area contributed by atoms with Crippen molar-refractivity contribution in [2.45, 2.75) is 108 Å². The maximum atomic E-state index is 14.2. The molecule has 228 valence electrons. The Bertz CT molecular complexity index is 1250. The van der Waals surface area contributed by atoms with Gasteiger partial charge in [0.2, 0.25) is 17.7 Å². The lowest BCUT2D eigenvalue weighted by molar-refractivity contribution is -0.144. The second-order valence-electron chi connectivity index (χ2n) is 13.2. The van der Waals surface area contributed by atoms with Crippen LogP contribution in [0.2, 0.25) is 0 Å². The maximum Gasteiger partial charge on any atom is 0.410 e. The smallest absolute Gasteiger partial charge is 0.410 e. The molecule has 1 spiro atoms. The van der Waals surface area contributed by atoms with Crippen molar-refractivity contribution in [2.24, 2.45) is 5.41 Å². The summed E-state index contributed by atoms with van der Waals surface area (Å²) in [6.07, 6.45) is 9.24. The second kappa shape index (κ2) is 11.9. The maximum absolute atomic E-state index is 14.2. The van der Waals surface area contributed by atoms with Crippen LogP contribution in [-0.2, 0) is 25.5 Å². The minimum atomic E-state index is -0.839. The highest BCUT2D eigenvalue weighted by Gasteiger charge is 2.58. The van der Waals surface area contributed by atoms with Gasteiger partial charge in [0.25, 0.3) is 0 Å². The molecule has 4 amide bonds. The van der Waals surface area contributed by atoms with Crippen LogP contribution in [0.3, 0.4) is 0 Å². The molecule has 9 nitrogen and oxygen atoms in total. The predicted octanol–water partition coefficient (Wildman–Crippen LogP) is 4.32. The molecule has 0 unspecified atom stereocenters. The van der Waals surface area contributed by atoms with Crippen LogP contribution in [0.15, 0.2) is 36.4 Å². The molecule has 0 radical (unpaired) electrons. The molecule has 4 aliphatic rings. The van der Waals surface area contributed by atoms with E-state index in [4.69, 9.17) is 4.74 Å². The number of hydrogen-bond donors (Lipinski definition) is 2. The summed E-state index contributed by atoms with van der Waals surface area (Å²) in [5.41, 5.74) is 1.39. The van der Waals surface area contributed by atoms with Crippen LogP contribution in [-0.4, -0.2) is 75.5 Å². The van der Waals surface area contributed by atoms with Crippen molar-refractivity contribution in [1.82, 2.24) is 20.4 Å². The number of thioether (sulfide) groups is 1. The average Bonchev–Trinajstić information content (AvgIpc) is 3.50. The molecule has 0 aromatic heterocycles.